The highest BCUT2D eigenvalue weighted by molar-refractivity contribution is 5.90. The smallest absolute Gasteiger partial charge is 0.337 e. The van der Waals surface area contributed by atoms with Crippen LogP contribution in [-0.2, 0) is 9.53 Å². The molecule has 5 nitrogen and oxygen atoms in total. The molecule has 0 bridgehead atoms. The third kappa shape index (κ3) is 3.55. The Bertz CT molecular complexity index is 1030. The molecule has 162 valence electrons. The summed E-state index contributed by atoms with van der Waals surface area (Å²) in [7, 11) is 1.40. The second kappa shape index (κ2) is 7.20. The summed E-state index contributed by atoms with van der Waals surface area (Å²) >= 11 is 0. The number of piperidine rings is 1. The fourth-order valence-electron chi connectivity index (χ4n) is 5.28. The van der Waals surface area contributed by atoms with Gasteiger partial charge in [-0.2, -0.15) is 0 Å². The number of carbonyl (C=O) groups excluding carboxylic acids is 2. The normalized spacial score (nSPS) is 22.8. The van der Waals surface area contributed by atoms with Crippen LogP contribution < -0.4 is 0 Å². The van der Waals surface area contributed by atoms with Crippen molar-refractivity contribution in [3.63, 3.8) is 0 Å². The van der Waals surface area contributed by atoms with Gasteiger partial charge in [-0.15, -0.1) is 0 Å². The number of benzene rings is 2. The van der Waals surface area contributed by atoms with E-state index >= 15 is 0 Å². The molecule has 5 rings (SSSR count). The van der Waals surface area contributed by atoms with Crippen LogP contribution in [0.15, 0.2) is 42.5 Å². The molecule has 1 atom stereocenters. The molecule has 2 aromatic rings. The number of aryl methyl sites for hydroxylation is 1. The van der Waals surface area contributed by atoms with Gasteiger partial charge >= 0.3 is 5.97 Å². The van der Waals surface area contributed by atoms with Crippen molar-refractivity contribution in [1.82, 2.24) is 4.90 Å². The number of likely N-dealkylation sites (tertiary alicyclic amines) is 1. The molecule has 2 aliphatic carbocycles. The number of ether oxygens (including phenoxy) is 1. The summed E-state index contributed by atoms with van der Waals surface area (Å²) in [5.41, 5.74) is 4.53. The van der Waals surface area contributed by atoms with Crippen molar-refractivity contribution in [3.05, 3.63) is 59.2 Å². The van der Waals surface area contributed by atoms with Crippen LogP contribution in [0.5, 0.6) is 0 Å². The number of rotatable bonds is 4. The monoisotopic (exact) mass is 419 g/mol. The molecular formula is C26H29NO4. The number of amides is 1. The van der Waals surface area contributed by atoms with Gasteiger partial charge in [0.15, 0.2) is 0 Å². The SMILES string of the molecule is COC(=O)c1ccc(-c2ccc([C@H]3CC34CCN(C(=O)C3(O)CC3)CC4)cc2)c(C)c1. The van der Waals surface area contributed by atoms with E-state index in [0.29, 0.717) is 29.7 Å². The van der Waals surface area contributed by atoms with E-state index in [4.69, 9.17) is 4.74 Å². The average Bonchev–Trinajstić information content (AvgIpc) is 3.71. The minimum atomic E-state index is -1.05. The Morgan fingerprint density at radius 3 is 2.29 bits per heavy atom. The second-order valence-corrected chi connectivity index (χ2v) is 9.59. The first-order chi connectivity index (χ1) is 14.8. The maximum atomic E-state index is 12.4. The van der Waals surface area contributed by atoms with Crippen molar-refractivity contribution in [1.29, 1.82) is 0 Å². The van der Waals surface area contributed by atoms with Crippen LogP contribution in [0.25, 0.3) is 11.1 Å². The molecule has 31 heavy (non-hydrogen) atoms. The standard InChI is InChI=1S/C26H29NO4/c1-17-15-20(23(28)31-2)7-8-21(17)18-3-5-19(6-4-18)22-16-25(22)11-13-27(14-12-25)24(29)26(30)9-10-26/h3-8,15,22,30H,9-14,16H2,1-2H3/t22-/m1/s1. The topological polar surface area (TPSA) is 66.8 Å². The Hall–Kier alpha value is -2.66. The Balaban J connectivity index is 1.25. The molecule has 3 fully saturated rings. The highest BCUT2D eigenvalue weighted by atomic mass is 16.5. The quantitative estimate of drug-likeness (QED) is 0.759. The zero-order valence-corrected chi connectivity index (χ0v) is 18.2. The van der Waals surface area contributed by atoms with Gasteiger partial charge in [0, 0.05) is 13.1 Å². The van der Waals surface area contributed by atoms with Gasteiger partial charge in [-0.05, 0) is 84.7 Å². The van der Waals surface area contributed by atoms with Gasteiger partial charge < -0.3 is 14.7 Å². The van der Waals surface area contributed by atoms with Crippen LogP contribution in [0.3, 0.4) is 0 Å². The van der Waals surface area contributed by atoms with E-state index in [1.807, 2.05) is 30.0 Å². The molecular weight excluding hydrogens is 390 g/mol. The molecule has 0 aromatic heterocycles. The predicted molar refractivity (Wildman–Crippen MR) is 118 cm³/mol. The summed E-state index contributed by atoms with van der Waals surface area (Å²) in [6.07, 6.45) is 4.47. The summed E-state index contributed by atoms with van der Waals surface area (Å²) in [5.74, 6) is 0.186. The Morgan fingerprint density at radius 2 is 1.71 bits per heavy atom. The molecule has 5 heteroatoms. The number of esters is 1. The van der Waals surface area contributed by atoms with Crippen LogP contribution in [0, 0.1) is 12.3 Å². The van der Waals surface area contributed by atoms with Gasteiger partial charge in [0.1, 0.15) is 5.60 Å². The summed E-state index contributed by atoms with van der Waals surface area (Å²) in [5, 5.41) is 10.1. The molecule has 1 saturated heterocycles. The van der Waals surface area contributed by atoms with Crippen molar-refractivity contribution >= 4 is 11.9 Å². The average molecular weight is 420 g/mol. The molecule has 0 unspecified atom stereocenters. The molecule has 1 N–H and O–H groups in total. The summed E-state index contributed by atoms with van der Waals surface area (Å²) < 4.78 is 4.81. The van der Waals surface area contributed by atoms with Gasteiger partial charge in [-0.1, -0.05) is 30.3 Å². The minimum absolute atomic E-state index is 0.0579. The van der Waals surface area contributed by atoms with E-state index in [9.17, 15) is 14.7 Å². The van der Waals surface area contributed by atoms with Crippen molar-refractivity contribution in [3.8, 4) is 11.1 Å². The lowest BCUT2D eigenvalue weighted by molar-refractivity contribution is -0.144. The van der Waals surface area contributed by atoms with Gasteiger partial charge in [0.2, 0.25) is 0 Å². The number of methoxy groups -OCH3 is 1. The molecule has 2 aromatic carbocycles. The lowest BCUT2D eigenvalue weighted by atomic mass is 9.88. The van der Waals surface area contributed by atoms with Crippen LogP contribution in [-0.4, -0.2) is 47.7 Å². The van der Waals surface area contributed by atoms with E-state index in [-0.39, 0.29) is 11.9 Å². The second-order valence-electron chi connectivity index (χ2n) is 9.59. The molecule has 2 saturated carbocycles. The molecule has 0 radical (unpaired) electrons. The number of hydrogen-bond donors (Lipinski definition) is 1. The molecule has 1 aliphatic heterocycles. The Morgan fingerprint density at radius 1 is 1.03 bits per heavy atom. The van der Waals surface area contributed by atoms with Crippen LogP contribution >= 0.6 is 0 Å². The largest absolute Gasteiger partial charge is 0.465 e. The zero-order valence-electron chi connectivity index (χ0n) is 18.2. The Kier molecular flexibility index (Phi) is 4.70. The van der Waals surface area contributed by atoms with Crippen LogP contribution in [0.4, 0.5) is 0 Å². The third-order valence-electron chi connectivity index (χ3n) is 7.63. The van der Waals surface area contributed by atoms with E-state index in [1.165, 1.54) is 19.1 Å². The number of carbonyl (C=O) groups is 2. The summed E-state index contributed by atoms with van der Waals surface area (Å²) in [6.45, 7) is 3.54. The number of hydrogen-bond acceptors (Lipinski definition) is 4. The maximum absolute atomic E-state index is 12.4. The van der Waals surface area contributed by atoms with E-state index in [0.717, 1.165) is 42.6 Å². The first-order valence-electron chi connectivity index (χ1n) is 11.2. The van der Waals surface area contributed by atoms with Crippen LogP contribution in [0.1, 0.15) is 59.5 Å². The third-order valence-corrected chi connectivity index (χ3v) is 7.63. The van der Waals surface area contributed by atoms with E-state index in [1.54, 1.807) is 0 Å². The summed E-state index contributed by atoms with van der Waals surface area (Å²) in [6, 6.07) is 14.5. The highest BCUT2D eigenvalue weighted by Gasteiger charge is 2.57. The maximum Gasteiger partial charge on any atom is 0.337 e. The Labute approximate surface area is 183 Å². The number of aliphatic hydroxyl groups is 1. The lowest BCUT2D eigenvalue weighted by Crippen LogP contribution is -2.45. The van der Waals surface area contributed by atoms with Gasteiger partial charge in [-0.3, -0.25) is 4.79 Å². The van der Waals surface area contributed by atoms with Crippen molar-refractivity contribution in [2.45, 2.75) is 50.5 Å². The lowest BCUT2D eigenvalue weighted by Gasteiger charge is -2.34. The van der Waals surface area contributed by atoms with Gasteiger partial charge in [0.25, 0.3) is 5.91 Å². The van der Waals surface area contributed by atoms with Crippen molar-refractivity contribution < 1.29 is 19.4 Å². The first kappa shape index (κ1) is 20.3. The van der Waals surface area contributed by atoms with Gasteiger partial charge in [-0.25, -0.2) is 4.79 Å². The van der Waals surface area contributed by atoms with E-state index < -0.39 is 5.60 Å². The minimum Gasteiger partial charge on any atom is -0.465 e. The molecule has 1 spiro atoms. The van der Waals surface area contributed by atoms with Gasteiger partial charge in [0.05, 0.1) is 12.7 Å². The molecule has 1 heterocycles. The molecule has 3 aliphatic rings. The highest BCUT2D eigenvalue weighted by Crippen LogP contribution is 2.65. The number of nitrogens with zero attached hydrogens (tertiary/aromatic N) is 1. The first-order valence-corrected chi connectivity index (χ1v) is 11.2. The van der Waals surface area contributed by atoms with E-state index in [2.05, 4.69) is 24.3 Å². The molecule has 1 amide bonds. The fraction of sp³-hybridized carbons (Fsp3) is 0.462. The van der Waals surface area contributed by atoms with Crippen LogP contribution in [0.2, 0.25) is 0 Å². The van der Waals surface area contributed by atoms with Crippen molar-refractivity contribution in [2.24, 2.45) is 5.41 Å². The summed E-state index contributed by atoms with van der Waals surface area (Å²) in [4.78, 5) is 26.0. The fourth-order valence-corrected chi connectivity index (χ4v) is 5.28. The zero-order chi connectivity index (χ0) is 21.8. The van der Waals surface area contributed by atoms with Crippen molar-refractivity contribution in [2.75, 3.05) is 20.2 Å². The predicted octanol–water partition coefficient (Wildman–Crippen LogP) is 4.07.